The van der Waals surface area contributed by atoms with Gasteiger partial charge in [0.1, 0.15) is 6.04 Å². The number of aromatic amines is 1. The molecule has 0 bridgehead atoms. The quantitative estimate of drug-likeness (QED) is 0.863. The third-order valence-corrected chi connectivity index (χ3v) is 4.97. The van der Waals surface area contributed by atoms with Crippen LogP contribution in [0.25, 0.3) is 0 Å². The number of sulfonamides is 1. The molecular formula is C12H11N3O4S. The maximum Gasteiger partial charge on any atom is 0.327 e. The normalized spacial score (nSPS) is 18.0. The molecule has 1 aromatic carbocycles. The van der Waals surface area contributed by atoms with Crippen molar-refractivity contribution >= 4 is 21.7 Å². The molecule has 8 heteroatoms. The van der Waals surface area contributed by atoms with Gasteiger partial charge >= 0.3 is 5.97 Å². The number of anilines is 1. The van der Waals surface area contributed by atoms with Gasteiger partial charge in [0.05, 0.1) is 11.9 Å². The summed E-state index contributed by atoms with van der Waals surface area (Å²) in [5.41, 5.74) is 1.09. The number of aliphatic carboxylic acids is 1. The summed E-state index contributed by atoms with van der Waals surface area (Å²) in [5, 5.41) is 15.1. The molecule has 0 fully saturated rings. The number of nitrogens with one attached hydrogen (secondary N) is 1. The van der Waals surface area contributed by atoms with E-state index in [2.05, 4.69) is 10.2 Å². The third kappa shape index (κ3) is 1.76. The van der Waals surface area contributed by atoms with Gasteiger partial charge in [-0.2, -0.15) is 13.5 Å². The SMILES string of the molecule is O=C(O)C1Cc2ccccc2N1S(=O)(=O)c1ccn[nH]1. The minimum atomic E-state index is -3.97. The van der Waals surface area contributed by atoms with E-state index < -0.39 is 22.0 Å². The van der Waals surface area contributed by atoms with Crippen molar-refractivity contribution in [3.63, 3.8) is 0 Å². The van der Waals surface area contributed by atoms with Crippen LogP contribution in [0.1, 0.15) is 5.56 Å². The molecule has 2 N–H and O–H groups in total. The molecule has 2 heterocycles. The fourth-order valence-corrected chi connectivity index (χ4v) is 3.88. The Bertz CT molecular complexity index is 755. The highest BCUT2D eigenvalue weighted by atomic mass is 32.2. The van der Waals surface area contributed by atoms with Crippen LogP contribution in [-0.4, -0.2) is 35.7 Å². The smallest absolute Gasteiger partial charge is 0.327 e. The molecule has 0 aliphatic carbocycles. The molecule has 3 rings (SSSR count). The molecule has 1 aromatic heterocycles. The molecule has 0 amide bonds. The van der Waals surface area contributed by atoms with Gasteiger partial charge in [-0.1, -0.05) is 18.2 Å². The van der Waals surface area contributed by atoms with Crippen molar-refractivity contribution in [1.29, 1.82) is 0 Å². The van der Waals surface area contributed by atoms with E-state index in [0.717, 1.165) is 4.31 Å². The summed E-state index contributed by atoms with van der Waals surface area (Å²) in [7, 11) is -3.97. The number of H-pyrrole nitrogens is 1. The number of hydrogen-bond donors (Lipinski definition) is 2. The number of aromatic nitrogens is 2. The predicted octanol–water partition coefficient (Wildman–Crippen LogP) is 0.614. The number of hydrogen-bond acceptors (Lipinski definition) is 4. The van der Waals surface area contributed by atoms with Gasteiger partial charge in [0, 0.05) is 6.42 Å². The van der Waals surface area contributed by atoms with Gasteiger partial charge in [0.15, 0.2) is 5.03 Å². The number of nitrogens with zero attached hydrogens (tertiary/aromatic N) is 2. The molecule has 0 radical (unpaired) electrons. The number of rotatable bonds is 3. The number of fused-ring (bicyclic) bond motifs is 1. The summed E-state index contributed by atoms with van der Waals surface area (Å²) < 4.78 is 26.1. The largest absolute Gasteiger partial charge is 0.480 e. The fourth-order valence-electron chi connectivity index (χ4n) is 2.33. The average molecular weight is 293 g/mol. The summed E-state index contributed by atoms with van der Waals surface area (Å²) in [6.07, 6.45) is 1.46. The van der Waals surface area contributed by atoms with E-state index in [1.807, 2.05) is 0 Å². The molecule has 2 aromatic rings. The summed E-state index contributed by atoms with van der Waals surface area (Å²) in [4.78, 5) is 11.4. The van der Waals surface area contributed by atoms with Crippen molar-refractivity contribution in [2.75, 3.05) is 4.31 Å². The first-order chi connectivity index (χ1) is 9.51. The Morgan fingerprint density at radius 2 is 2.10 bits per heavy atom. The summed E-state index contributed by atoms with van der Waals surface area (Å²) in [6.45, 7) is 0. The second-order valence-electron chi connectivity index (χ2n) is 4.41. The Balaban J connectivity index is 2.17. The summed E-state index contributed by atoms with van der Waals surface area (Å²) in [6, 6.07) is 6.93. The molecule has 0 saturated heterocycles. The molecule has 20 heavy (non-hydrogen) atoms. The van der Waals surface area contributed by atoms with Crippen LogP contribution in [-0.2, 0) is 21.2 Å². The highest BCUT2D eigenvalue weighted by molar-refractivity contribution is 7.92. The zero-order valence-corrected chi connectivity index (χ0v) is 11.0. The fraction of sp³-hybridized carbons (Fsp3) is 0.167. The number of para-hydroxylation sites is 1. The van der Waals surface area contributed by atoms with Crippen molar-refractivity contribution in [3.05, 3.63) is 42.1 Å². The Labute approximate surface area is 114 Å². The van der Waals surface area contributed by atoms with Gasteiger partial charge in [0.25, 0.3) is 10.0 Å². The van der Waals surface area contributed by atoms with Gasteiger partial charge in [0.2, 0.25) is 0 Å². The van der Waals surface area contributed by atoms with Crippen LogP contribution >= 0.6 is 0 Å². The highest BCUT2D eigenvalue weighted by Gasteiger charge is 2.42. The zero-order chi connectivity index (χ0) is 14.3. The lowest BCUT2D eigenvalue weighted by molar-refractivity contribution is -0.138. The van der Waals surface area contributed by atoms with Crippen LogP contribution in [0.2, 0.25) is 0 Å². The van der Waals surface area contributed by atoms with Gasteiger partial charge in [-0.05, 0) is 17.7 Å². The van der Waals surface area contributed by atoms with Crippen LogP contribution in [0.15, 0.2) is 41.6 Å². The molecule has 0 saturated carbocycles. The first-order valence-electron chi connectivity index (χ1n) is 5.86. The van der Waals surface area contributed by atoms with Crippen molar-refractivity contribution in [1.82, 2.24) is 10.2 Å². The number of carboxylic acids is 1. The zero-order valence-electron chi connectivity index (χ0n) is 10.2. The molecule has 0 spiro atoms. The summed E-state index contributed by atoms with van der Waals surface area (Å²) >= 11 is 0. The molecule has 1 unspecified atom stereocenters. The van der Waals surface area contributed by atoms with Crippen LogP contribution in [0.3, 0.4) is 0 Å². The van der Waals surface area contributed by atoms with Gasteiger partial charge in [-0.15, -0.1) is 0 Å². The average Bonchev–Trinajstić information content (AvgIpc) is 3.06. The molecule has 1 atom stereocenters. The topological polar surface area (TPSA) is 103 Å². The Morgan fingerprint density at radius 3 is 2.75 bits per heavy atom. The van der Waals surface area contributed by atoms with Crippen molar-refractivity contribution in [2.24, 2.45) is 0 Å². The van der Waals surface area contributed by atoms with Gasteiger partial charge in [-0.3, -0.25) is 9.40 Å². The van der Waals surface area contributed by atoms with E-state index in [9.17, 15) is 18.3 Å². The van der Waals surface area contributed by atoms with Gasteiger partial charge < -0.3 is 5.11 Å². The van der Waals surface area contributed by atoms with E-state index >= 15 is 0 Å². The molecule has 1 aliphatic heterocycles. The minimum Gasteiger partial charge on any atom is -0.480 e. The first-order valence-corrected chi connectivity index (χ1v) is 7.30. The number of carboxylic acid groups (broad SMARTS) is 1. The van der Waals surface area contributed by atoms with Crippen LogP contribution in [0.5, 0.6) is 0 Å². The van der Waals surface area contributed by atoms with Crippen molar-refractivity contribution in [3.8, 4) is 0 Å². The van der Waals surface area contributed by atoms with Crippen molar-refractivity contribution < 1.29 is 18.3 Å². The van der Waals surface area contributed by atoms with E-state index in [1.54, 1.807) is 24.3 Å². The Hall–Kier alpha value is -2.35. The molecule has 104 valence electrons. The second kappa shape index (κ2) is 4.34. The number of carbonyl (C=O) groups is 1. The lowest BCUT2D eigenvalue weighted by Crippen LogP contribution is -2.42. The van der Waals surface area contributed by atoms with Crippen LogP contribution in [0.4, 0.5) is 5.69 Å². The predicted molar refractivity (Wildman–Crippen MR) is 69.8 cm³/mol. The van der Waals surface area contributed by atoms with Crippen LogP contribution < -0.4 is 4.31 Å². The Kier molecular flexibility index (Phi) is 2.75. The molecule has 1 aliphatic rings. The molecule has 7 nitrogen and oxygen atoms in total. The standard InChI is InChI=1S/C12H11N3O4S/c16-12(17)10-7-8-3-1-2-4-9(8)15(10)20(18,19)11-5-6-13-14-11/h1-6,10H,7H2,(H,13,14)(H,16,17). The maximum atomic E-state index is 12.6. The van der Waals surface area contributed by atoms with E-state index in [4.69, 9.17) is 0 Å². The highest BCUT2D eigenvalue weighted by Crippen LogP contribution is 2.36. The third-order valence-electron chi connectivity index (χ3n) is 3.22. The lowest BCUT2D eigenvalue weighted by atomic mass is 10.1. The lowest BCUT2D eigenvalue weighted by Gasteiger charge is -2.23. The number of benzene rings is 1. The van der Waals surface area contributed by atoms with Gasteiger partial charge in [-0.25, -0.2) is 4.79 Å². The maximum absolute atomic E-state index is 12.6. The van der Waals surface area contributed by atoms with E-state index in [0.29, 0.717) is 11.3 Å². The molecular weight excluding hydrogens is 282 g/mol. The monoisotopic (exact) mass is 293 g/mol. The van der Waals surface area contributed by atoms with E-state index in [-0.39, 0.29) is 11.4 Å². The minimum absolute atomic E-state index is 0.125. The summed E-state index contributed by atoms with van der Waals surface area (Å²) in [5.74, 6) is -1.18. The van der Waals surface area contributed by atoms with Crippen molar-refractivity contribution in [2.45, 2.75) is 17.5 Å². The van der Waals surface area contributed by atoms with Crippen LogP contribution in [0, 0.1) is 0 Å². The second-order valence-corrected chi connectivity index (χ2v) is 6.19. The Morgan fingerprint density at radius 1 is 1.35 bits per heavy atom. The first kappa shape index (κ1) is 12.7. The van der Waals surface area contributed by atoms with E-state index in [1.165, 1.54) is 12.3 Å².